The molecular formula is C24H23ClN6O3. The molecule has 4 rings (SSSR count). The molecule has 0 aliphatic rings. The fourth-order valence-corrected chi connectivity index (χ4v) is 3.76. The van der Waals surface area contributed by atoms with Crippen LogP contribution in [0.15, 0.2) is 53.3 Å². The van der Waals surface area contributed by atoms with Crippen molar-refractivity contribution in [3.63, 3.8) is 0 Å². The third kappa shape index (κ3) is 4.29. The van der Waals surface area contributed by atoms with Gasteiger partial charge in [-0.2, -0.15) is 10.2 Å². The molecule has 34 heavy (non-hydrogen) atoms. The maximum absolute atomic E-state index is 12.8. The van der Waals surface area contributed by atoms with Gasteiger partial charge in [-0.3, -0.25) is 25.2 Å². The highest BCUT2D eigenvalue weighted by atomic mass is 35.5. The van der Waals surface area contributed by atoms with Crippen molar-refractivity contribution in [3.05, 3.63) is 86.6 Å². The van der Waals surface area contributed by atoms with E-state index in [0.717, 1.165) is 17.1 Å². The van der Waals surface area contributed by atoms with Crippen LogP contribution >= 0.6 is 11.6 Å². The molecule has 9 nitrogen and oxygen atoms in total. The Morgan fingerprint density at radius 3 is 2.21 bits per heavy atom. The van der Waals surface area contributed by atoms with Crippen LogP contribution in [0.2, 0.25) is 5.02 Å². The molecule has 0 unspecified atom stereocenters. The van der Waals surface area contributed by atoms with E-state index in [1.165, 1.54) is 4.68 Å². The van der Waals surface area contributed by atoms with Gasteiger partial charge in [0.2, 0.25) is 0 Å². The lowest BCUT2D eigenvalue weighted by Gasteiger charge is -2.12. The summed E-state index contributed by atoms with van der Waals surface area (Å²) in [5.74, 6) is -1.12. The lowest BCUT2D eigenvalue weighted by Crippen LogP contribution is -2.42. The van der Waals surface area contributed by atoms with E-state index in [-0.39, 0.29) is 11.3 Å². The summed E-state index contributed by atoms with van der Waals surface area (Å²) < 4.78 is 2.96. The van der Waals surface area contributed by atoms with Gasteiger partial charge in [-0.05, 0) is 50.6 Å². The van der Waals surface area contributed by atoms with E-state index in [1.54, 1.807) is 53.2 Å². The molecule has 2 amide bonds. The van der Waals surface area contributed by atoms with Crippen LogP contribution in [0.5, 0.6) is 0 Å². The molecule has 0 atom stereocenters. The van der Waals surface area contributed by atoms with E-state index in [4.69, 9.17) is 11.6 Å². The number of carbonyl (C=O) groups excluding carboxylic acids is 2. The van der Waals surface area contributed by atoms with Crippen molar-refractivity contribution in [1.82, 2.24) is 30.4 Å². The third-order valence-corrected chi connectivity index (χ3v) is 5.93. The zero-order valence-corrected chi connectivity index (χ0v) is 19.7. The van der Waals surface area contributed by atoms with Crippen LogP contribution in [0.1, 0.15) is 45.6 Å². The standard InChI is InChI=1S/C24H23ClN6O3/c1-4-13-30-24(34)19-8-6-5-7-18(19)21(29-30)23(33)27-26-22(32)16-9-11-17(12-10-16)31-15(3)20(25)14(2)28-31/h5-12H,4,13H2,1-3H3,(H,26,32)(H,27,33). The molecule has 2 heterocycles. The van der Waals surface area contributed by atoms with Gasteiger partial charge in [-0.25, -0.2) is 9.36 Å². The Morgan fingerprint density at radius 2 is 1.59 bits per heavy atom. The largest absolute Gasteiger partial charge is 0.290 e. The van der Waals surface area contributed by atoms with Crippen LogP contribution in [0.4, 0.5) is 0 Å². The molecule has 0 bridgehead atoms. The van der Waals surface area contributed by atoms with E-state index in [0.29, 0.717) is 34.3 Å². The first-order valence-corrected chi connectivity index (χ1v) is 11.1. The van der Waals surface area contributed by atoms with Gasteiger partial charge in [0.05, 0.1) is 27.5 Å². The minimum Gasteiger partial charge on any atom is -0.267 e. The van der Waals surface area contributed by atoms with Crippen LogP contribution in [-0.2, 0) is 6.54 Å². The molecule has 10 heteroatoms. The predicted octanol–water partition coefficient (Wildman–Crippen LogP) is 3.34. The van der Waals surface area contributed by atoms with Gasteiger partial charge in [-0.15, -0.1) is 0 Å². The highest BCUT2D eigenvalue weighted by Gasteiger charge is 2.18. The second-order valence-electron chi connectivity index (χ2n) is 7.77. The lowest BCUT2D eigenvalue weighted by molar-refractivity contribution is 0.0843. The van der Waals surface area contributed by atoms with Gasteiger partial charge in [0.1, 0.15) is 0 Å². The number of aromatic nitrogens is 4. The summed E-state index contributed by atoms with van der Waals surface area (Å²) in [5, 5.41) is 10.0. The number of carbonyl (C=O) groups is 2. The summed E-state index contributed by atoms with van der Waals surface area (Å²) in [6.07, 6.45) is 0.683. The Bertz CT molecular complexity index is 1460. The molecular weight excluding hydrogens is 456 g/mol. The SMILES string of the molecule is CCCn1nc(C(=O)NNC(=O)c2ccc(-n3nc(C)c(Cl)c3C)cc2)c2ccccc2c1=O. The Balaban J connectivity index is 1.52. The summed E-state index contributed by atoms with van der Waals surface area (Å²) in [6.45, 7) is 5.98. The average Bonchev–Trinajstić information content (AvgIpc) is 3.11. The average molecular weight is 479 g/mol. The maximum atomic E-state index is 12.8. The molecule has 2 aromatic carbocycles. The van der Waals surface area contributed by atoms with Crippen molar-refractivity contribution in [1.29, 1.82) is 0 Å². The molecule has 0 saturated carbocycles. The molecule has 0 aliphatic carbocycles. The number of amides is 2. The van der Waals surface area contributed by atoms with Crippen molar-refractivity contribution >= 4 is 34.2 Å². The number of nitrogens with zero attached hydrogens (tertiary/aromatic N) is 4. The van der Waals surface area contributed by atoms with Crippen molar-refractivity contribution < 1.29 is 9.59 Å². The highest BCUT2D eigenvalue weighted by molar-refractivity contribution is 6.31. The second kappa shape index (κ2) is 9.48. The topological polar surface area (TPSA) is 111 Å². The van der Waals surface area contributed by atoms with E-state index in [2.05, 4.69) is 21.0 Å². The molecule has 0 saturated heterocycles. The molecule has 0 aliphatic heterocycles. The molecule has 2 aromatic heterocycles. The van der Waals surface area contributed by atoms with E-state index >= 15 is 0 Å². The maximum Gasteiger partial charge on any atom is 0.290 e. The predicted molar refractivity (Wildman–Crippen MR) is 129 cm³/mol. The normalized spacial score (nSPS) is 10.9. The van der Waals surface area contributed by atoms with Crippen molar-refractivity contribution in [2.45, 2.75) is 33.7 Å². The molecule has 4 aromatic rings. The van der Waals surface area contributed by atoms with Crippen molar-refractivity contribution in [2.24, 2.45) is 0 Å². The van der Waals surface area contributed by atoms with Crippen LogP contribution in [0.3, 0.4) is 0 Å². The van der Waals surface area contributed by atoms with E-state index in [1.807, 2.05) is 20.8 Å². The Kier molecular flexibility index (Phi) is 6.47. The van der Waals surface area contributed by atoms with Crippen LogP contribution < -0.4 is 16.4 Å². The van der Waals surface area contributed by atoms with Crippen LogP contribution in [0.25, 0.3) is 16.5 Å². The minimum absolute atomic E-state index is 0.0562. The molecule has 0 spiro atoms. The van der Waals surface area contributed by atoms with Gasteiger partial charge >= 0.3 is 0 Å². The van der Waals surface area contributed by atoms with Gasteiger partial charge in [0.25, 0.3) is 17.4 Å². The van der Waals surface area contributed by atoms with Crippen molar-refractivity contribution in [3.8, 4) is 5.69 Å². The number of hydrogen-bond acceptors (Lipinski definition) is 5. The first-order valence-electron chi connectivity index (χ1n) is 10.7. The summed E-state index contributed by atoms with van der Waals surface area (Å²) >= 11 is 6.21. The smallest absolute Gasteiger partial charge is 0.267 e. The number of nitrogens with one attached hydrogen (secondary N) is 2. The first-order chi connectivity index (χ1) is 16.3. The summed E-state index contributed by atoms with van der Waals surface area (Å²) in [7, 11) is 0. The van der Waals surface area contributed by atoms with Gasteiger partial charge in [0, 0.05) is 17.5 Å². The number of hydrogen-bond donors (Lipinski definition) is 2. The zero-order chi connectivity index (χ0) is 24.4. The van der Waals surface area contributed by atoms with Gasteiger partial charge in [-0.1, -0.05) is 36.7 Å². The van der Waals surface area contributed by atoms with Gasteiger partial charge in [0.15, 0.2) is 5.69 Å². The molecule has 0 radical (unpaired) electrons. The second-order valence-corrected chi connectivity index (χ2v) is 8.15. The summed E-state index contributed by atoms with van der Waals surface area (Å²) in [5.41, 5.74) is 7.20. The number of rotatable bonds is 5. The third-order valence-electron chi connectivity index (χ3n) is 5.38. The minimum atomic E-state index is -0.622. The Morgan fingerprint density at radius 1 is 0.941 bits per heavy atom. The number of benzene rings is 2. The fraction of sp³-hybridized carbons (Fsp3) is 0.208. The summed E-state index contributed by atoms with van der Waals surface area (Å²) in [4.78, 5) is 38.0. The molecule has 174 valence electrons. The summed E-state index contributed by atoms with van der Waals surface area (Å²) in [6, 6.07) is 13.5. The number of fused-ring (bicyclic) bond motifs is 1. The molecule has 2 N–H and O–H groups in total. The number of halogens is 1. The number of hydrazine groups is 1. The lowest BCUT2D eigenvalue weighted by atomic mass is 10.1. The monoisotopic (exact) mass is 478 g/mol. The zero-order valence-electron chi connectivity index (χ0n) is 18.9. The first kappa shape index (κ1) is 23.2. The molecule has 0 fully saturated rings. The fourth-order valence-electron chi connectivity index (χ4n) is 3.64. The number of aryl methyl sites for hydroxylation is 2. The van der Waals surface area contributed by atoms with Crippen LogP contribution in [-0.4, -0.2) is 31.4 Å². The van der Waals surface area contributed by atoms with E-state index in [9.17, 15) is 14.4 Å². The Labute approximate surface area is 200 Å². The quantitative estimate of drug-likeness (QED) is 0.427. The highest BCUT2D eigenvalue weighted by Crippen LogP contribution is 2.22. The van der Waals surface area contributed by atoms with Crippen LogP contribution in [0, 0.1) is 13.8 Å². The van der Waals surface area contributed by atoms with E-state index < -0.39 is 11.8 Å². The van der Waals surface area contributed by atoms with Gasteiger partial charge < -0.3 is 0 Å². The van der Waals surface area contributed by atoms with Crippen molar-refractivity contribution in [2.75, 3.05) is 0 Å². The Hall–Kier alpha value is -3.98.